The molecule has 0 aliphatic heterocycles. The van der Waals surface area contributed by atoms with Crippen LogP contribution in [0.1, 0.15) is 5.56 Å². The first-order valence-electron chi connectivity index (χ1n) is 6.77. The maximum absolute atomic E-state index is 6.29. The van der Waals surface area contributed by atoms with Crippen molar-refractivity contribution in [1.29, 1.82) is 0 Å². The van der Waals surface area contributed by atoms with Crippen LogP contribution in [0.15, 0.2) is 29.0 Å². The summed E-state index contributed by atoms with van der Waals surface area (Å²) in [6.45, 7) is 2.77. The van der Waals surface area contributed by atoms with E-state index in [-0.39, 0.29) is 0 Å². The zero-order valence-electron chi connectivity index (χ0n) is 12.4. The van der Waals surface area contributed by atoms with Crippen LogP contribution < -0.4 is 5.73 Å². The van der Waals surface area contributed by atoms with Crippen molar-refractivity contribution in [1.82, 2.24) is 15.0 Å². The molecule has 0 saturated heterocycles. The van der Waals surface area contributed by atoms with Crippen LogP contribution in [0.3, 0.4) is 0 Å². The molecular weight excluding hydrogens is 316 g/mol. The van der Waals surface area contributed by atoms with Gasteiger partial charge in [-0.25, -0.2) is 15.0 Å². The molecule has 3 aromatic rings. The standard InChI is InChI=1S/C15H16N4OS2/c1-9-5-11(10-6-17-8-18-7-10)19-14-12(9)13(16)15(22-14)21-4-3-20-2/h5-8H,3-4,16H2,1-2H3. The van der Waals surface area contributed by atoms with Gasteiger partial charge in [0.2, 0.25) is 0 Å². The van der Waals surface area contributed by atoms with E-state index in [9.17, 15) is 0 Å². The summed E-state index contributed by atoms with van der Waals surface area (Å²) in [4.78, 5) is 13.8. The molecule has 0 aliphatic carbocycles. The van der Waals surface area contributed by atoms with Crippen LogP contribution in [0.4, 0.5) is 5.69 Å². The van der Waals surface area contributed by atoms with Crippen LogP contribution in [0.25, 0.3) is 21.5 Å². The summed E-state index contributed by atoms with van der Waals surface area (Å²) >= 11 is 3.34. The van der Waals surface area contributed by atoms with E-state index in [0.29, 0.717) is 6.61 Å². The van der Waals surface area contributed by atoms with Crippen LogP contribution in [0.2, 0.25) is 0 Å². The minimum absolute atomic E-state index is 0.706. The predicted octanol–water partition coefficient (Wildman–Crippen LogP) is 3.38. The van der Waals surface area contributed by atoms with Crippen molar-refractivity contribution < 1.29 is 4.74 Å². The highest BCUT2D eigenvalue weighted by molar-refractivity contribution is 8.01. The number of anilines is 1. The Kier molecular flexibility index (Phi) is 4.56. The number of nitrogens with two attached hydrogens (primary N) is 1. The molecule has 0 aromatic carbocycles. The minimum atomic E-state index is 0.706. The van der Waals surface area contributed by atoms with Gasteiger partial charge in [-0.1, -0.05) is 0 Å². The first kappa shape index (κ1) is 15.2. The maximum atomic E-state index is 6.29. The predicted molar refractivity (Wildman–Crippen MR) is 92.4 cm³/mol. The number of thiophene rings is 1. The molecule has 3 aromatic heterocycles. The van der Waals surface area contributed by atoms with Crippen molar-refractivity contribution in [3.05, 3.63) is 30.4 Å². The van der Waals surface area contributed by atoms with Gasteiger partial charge in [0, 0.05) is 36.2 Å². The van der Waals surface area contributed by atoms with Gasteiger partial charge in [-0.2, -0.15) is 0 Å². The van der Waals surface area contributed by atoms with Crippen LogP contribution in [0.5, 0.6) is 0 Å². The van der Waals surface area contributed by atoms with Crippen LogP contribution in [0, 0.1) is 6.92 Å². The van der Waals surface area contributed by atoms with Crippen molar-refractivity contribution in [3.63, 3.8) is 0 Å². The molecule has 0 fully saturated rings. The number of thioether (sulfide) groups is 1. The molecule has 22 heavy (non-hydrogen) atoms. The van der Waals surface area contributed by atoms with Gasteiger partial charge in [0.05, 0.1) is 22.2 Å². The highest BCUT2D eigenvalue weighted by Gasteiger charge is 2.15. The summed E-state index contributed by atoms with van der Waals surface area (Å²) in [6.07, 6.45) is 5.06. The summed E-state index contributed by atoms with van der Waals surface area (Å²) in [6, 6.07) is 2.04. The highest BCUT2D eigenvalue weighted by Crippen LogP contribution is 2.41. The Balaban J connectivity index is 2.03. The summed E-state index contributed by atoms with van der Waals surface area (Å²) < 4.78 is 6.19. The molecule has 7 heteroatoms. The van der Waals surface area contributed by atoms with Gasteiger partial charge < -0.3 is 10.5 Å². The lowest BCUT2D eigenvalue weighted by molar-refractivity contribution is 0.218. The largest absolute Gasteiger partial charge is 0.397 e. The molecule has 0 amide bonds. The molecule has 2 N–H and O–H groups in total. The summed E-state index contributed by atoms with van der Waals surface area (Å²) in [7, 11) is 1.70. The van der Waals surface area contributed by atoms with Gasteiger partial charge in [-0.15, -0.1) is 23.1 Å². The molecule has 0 atom stereocenters. The number of rotatable bonds is 5. The number of ether oxygens (including phenoxy) is 1. The number of hydrogen-bond donors (Lipinski definition) is 1. The SMILES string of the molecule is COCCSc1sc2nc(-c3cncnc3)cc(C)c2c1N. The molecule has 5 nitrogen and oxygen atoms in total. The van der Waals surface area contributed by atoms with E-state index in [1.54, 1.807) is 42.6 Å². The number of hydrogen-bond acceptors (Lipinski definition) is 7. The lowest BCUT2D eigenvalue weighted by Gasteiger charge is -2.03. The molecule has 114 valence electrons. The monoisotopic (exact) mass is 332 g/mol. The topological polar surface area (TPSA) is 73.9 Å². The second-order valence-corrected chi connectivity index (χ2v) is 7.14. The van der Waals surface area contributed by atoms with Gasteiger partial charge in [-0.3, -0.25) is 0 Å². The average Bonchev–Trinajstić information content (AvgIpc) is 2.85. The lowest BCUT2D eigenvalue weighted by atomic mass is 10.1. The second-order valence-electron chi connectivity index (χ2n) is 4.78. The first-order chi connectivity index (χ1) is 10.7. The van der Waals surface area contributed by atoms with Crippen LogP contribution in [-0.2, 0) is 4.74 Å². The Morgan fingerprint density at radius 3 is 2.82 bits per heavy atom. The van der Waals surface area contributed by atoms with E-state index < -0.39 is 0 Å². The van der Waals surface area contributed by atoms with E-state index in [1.807, 2.05) is 6.07 Å². The maximum Gasteiger partial charge on any atom is 0.127 e. The first-order valence-corrected chi connectivity index (χ1v) is 8.57. The highest BCUT2D eigenvalue weighted by atomic mass is 32.2. The molecule has 3 rings (SSSR count). The molecule has 0 unspecified atom stereocenters. The molecule has 0 bridgehead atoms. The Morgan fingerprint density at radius 2 is 2.09 bits per heavy atom. The number of pyridine rings is 1. The fourth-order valence-corrected chi connectivity index (χ4v) is 4.51. The molecule has 3 heterocycles. The number of fused-ring (bicyclic) bond motifs is 1. The zero-order chi connectivity index (χ0) is 15.5. The fraction of sp³-hybridized carbons (Fsp3) is 0.267. The van der Waals surface area contributed by atoms with Gasteiger partial charge in [0.15, 0.2) is 0 Å². The third-order valence-electron chi connectivity index (χ3n) is 3.24. The van der Waals surface area contributed by atoms with Gasteiger partial charge in [0.25, 0.3) is 0 Å². The number of nitrogen functional groups attached to an aromatic ring is 1. The van der Waals surface area contributed by atoms with E-state index in [1.165, 1.54) is 6.33 Å². The van der Waals surface area contributed by atoms with Crippen LogP contribution >= 0.6 is 23.1 Å². The smallest absolute Gasteiger partial charge is 0.127 e. The van der Waals surface area contributed by atoms with Gasteiger partial charge in [-0.05, 0) is 18.6 Å². The van der Waals surface area contributed by atoms with E-state index >= 15 is 0 Å². The summed E-state index contributed by atoms with van der Waals surface area (Å²) in [5.74, 6) is 0.881. The number of aryl methyl sites for hydroxylation is 1. The van der Waals surface area contributed by atoms with Gasteiger partial charge in [0.1, 0.15) is 11.2 Å². The Bertz CT molecular complexity index is 789. The molecular formula is C15H16N4OS2. The molecule has 0 aliphatic rings. The van der Waals surface area contributed by atoms with Crippen molar-refractivity contribution in [2.24, 2.45) is 0 Å². The van der Waals surface area contributed by atoms with Crippen molar-refractivity contribution in [3.8, 4) is 11.3 Å². The third-order valence-corrected chi connectivity index (χ3v) is 5.59. The quantitative estimate of drug-likeness (QED) is 0.570. The normalized spacial score (nSPS) is 11.2. The zero-order valence-corrected chi connectivity index (χ0v) is 14.0. The number of nitrogens with zero attached hydrogens (tertiary/aromatic N) is 3. The number of methoxy groups -OCH3 is 1. The lowest BCUT2D eigenvalue weighted by Crippen LogP contribution is -1.92. The average molecular weight is 332 g/mol. The third kappa shape index (κ3) is 2.92. The molecule has 0 radical (unpaired) electrons. The van der Waals surface area contributed by atoms with Crippen molar-refractivity contribution in [2.45, 2.75) is 11.1 Å². The minimum Gasteiger partial charge on any atom is -0.397 e. The van der Waals surface area contributed by atoms with Gasteiger partial charge >= 0.3 is 0 Å². The Hall–Kier alpha value is -1.70. The molecule has 0 saturated carbocycles. The van der Waals surface area contributed by atoms with Crippen LogP contribution in [-0.4, -0.2) is 34.4 Å². The Labute approximate surface area is 137 Å². The fourth-order valence-electron chi connectivity index (χ4n) is 2.19. The second kappa shape index (κ2) is 6.60. The summed E-state index contributed by atoms with van der Waals surface area (Å²) in [5, 5.41) is 1.05. The van der Waals surface area contributed by atoms with Crippen molar-refractivity contribution >= 4 is 39.0 Å². The summed E-state index contributed by atoms with van der Waals surface area (Å²) in [5.41, 5.74) is 10.0. The van der Waals surface area contributed by atoms with E-state index in [2.05, 4.69) is 16.9 Å². The van der Waals surface area contributed by atoms with Crippen molar-refractivity contribution in [2.75, 3.05) is 25.2 Å². The molecule has 0 spiro atoms. The van der Waals surface area contributed by atoms with E-state index in [4.69, 9.17) is 15.5 Å². The number of aromatic nitrogens is 3. The van der Waals surface area contributed by atoms with E-state index in [0.717, 1.165) is 42.7 Å². The Morgan fingerprint density at radius 1 is 1.32 bits per heavy atom.